The zero-order chi connectivity index (χ0) is 15.9. The molecule has 0 fully saturated rings. The third kappa shape index (κ3) is 6.21. The number of carbonyl (C=O) groups excluding carboxylic acids is 1. The zero-order valence-electron chi connectivity index (χ0n) is 13.7. The van der Waals surface area contributed by atoms with E-state index in [2.05, 4.69) is 61.1 Å². The van der Waals surface area contributed by atoms with Crippen LogP contribution in [0.15, 0.2) is 24.3 Å². The Labute approximate surface area is 137 Å². The summed E-state index contributed by atoms with van der Waals surface area (Å²) in [5, 5.41) is 4.06. The molecule has 0 spiro atoms. The number of amides is 1. The average Bonchev–Trinajstić information content (AvgIpc) is 2.44. The summed E-state index contributed by atoms with van der Waals surface area (Å²) in [5.74, 6) is 0.596. The fraction of sp³-hybridized carbons (Fsp3) is 0.611. The van der Waals surface area contributed by atoms with Gasteiger partial charge in [-0.05, 0) is 41.9 Å². The van der Waals surface area contributed by atoms with E-state index in [0.717, 1.165) is 36.7 Å². The van der Waals surface area contributed by atoms with Gasteiger partial charge in [0.25, 0.3) is 5.91 Å². The molecule has 1 amide bonds. The normalized spacial score (nSPS) is 13.0. The molecule has 1 unspecified atom stereocenters. The third-order valence-electron chi connectivity index (χ3n) is 3.78. The minimum absolute atomic E-state index is 0.0335. The number of nitrogens with one attached hydrogen (secondary N) is 1. The number of alkyl halides is 1. The maximum atomic E-state index is 12.2. The molecule has 118 valence electrons. The van der Waals surface area contributed by atoms with Crippen LogP contribution in [0.25, 0.3) is 0 Å². The first-order valence-corrected chi connectivity index (χ1v) is 8.95. The summed E-state index contributed by atoms with van der Waals surface area (Å²) in [6.45, 7) is 9.49. The van der Waals surface area contributed by atoms with Crippen LogP contribution in [0.2, 0.25) is 0 Å². The van der Waals surface area contributed by atoms with Gasteiger partial charge in [0, 0.05) is 17.4 Å². The van der Waals surface area contributed by atoms with Gasteiger partial charge < -0.3 is 5.32 Å². The Morgan fingerprint density at radius 2 is 1.81 bits per heavy atom. The highest BCUT2D eigenvalue weighted by atomic mass is 79.9. The number of rotatable bonds is 7. The van der Waals surface area contributed by atoms with Crippen molar-refractivity contribution >= 4 is 21.8 Å². The Bertz CT molecular complexity index is 428. The van der Waals surface area contributed by atoms with Crippen LogP contribution in [-0.2, 0) is 5.41 Å². The van der Waals surface area contributed by atoms with E-state index in [9.17, 15) is 4.79 Å². The molecule has 1 rings (SSSR count). The molecule has 1 N–H and O–H groups in total. The summed E-state index contributed by atoms with van der Waals surface area (Å²) in [5.41, 5.74) is 2.12. The van der Waals surface area contributed by atoms with Gasteiger partial charge in [-0.3, -0.25) is 4.79 Å². The van der Waals surface area contributed by atoms with Crippen molar-refractivity contribution in [2.75, 3.05) is 11.9 Å². The van der Waals surface area contributed by atoms with E-state index >= 15 is 0 Å². The van der Waals surface area contributed by atoms with E-state index in [-0.39, 0.29) is 11.3 Å². The molecule has 1 aromatic rings. The lowest BCUT2D eigenvalue weighted by molar-refractivity contribution is 0.0946. The molecule has 0 bridgehead atoms. The van der Waals surface area contributed by atoms with Crippen molar-refractivity contribution in [2.45, 2.75) is 52.4 Å². The predicted octanol–water partition coefficient (Wildman–Crippen LogP) is 4.92. The summed E-state index contributed by atoms with van der Waals surface area (Å²) >= 11 is 3.49. The summed E-state index contributed by atoms with van der Waals surface area (Å²) in [6.07, 6.45) is 3.43. The molecular weight excluding hydrogens is 326 g/mol. The lowest BCUT2D eigenvalue weighted by atomic mass is 9.86. The van der Waals surface area contributed by atoms with E-state index in [1.54, 1.807) is 0 Å². The lowest BCUT2D eigenvalue weighted by Gasteiger charge is -2.19. The molecule has 21 heavy (non-hydrogen) atoms. The van der Waals surface area contributed by atoms with Crippen LogP contribution >= 0.6 is 15.9 Å². The number of halogens is 1. The van der Waals surface area contributed by atoms with E-state index in [1.165, 1.54) is 5.56 Å². The van der Waals surface area contributed by atoms with Crippen molar-refractivity contribution in [3.63, 3.8) is 0 Å². The summed E-state index contributed by atoms with van der Waals surface area (Å²) in [7, 11) is 0. The van der Waals surface area contributed by atoms with Gasteiger partial charge in [0.1, 0.15) is 0 Å². The van der Waals surface area contributed by atoms with Gasteiger partial charge in [-0.15, -0.1) is 0 Å². The van der Waals surface area contributed by atoms with Crippen molar-refractivity contribution in [3.05, 3.63) is 35.4 Å². The second kappa shape index (κ2) is 8.57. The number of carbonyl (C=O) groups is 1. The van der Waals surface area contributed by atoms with Gasteiger partial charge in [-0.2, -0.15) is 0 Å². The molecule has 0 aliphatic carbocycles. The molecule has 1 atom stereocenters. The Hall–Kier alpha value is -0.830. The Kier molecular flexibility index (Phi) is 7.44. The quantitative estimate of drug-likeness (QED) is 0.692. The largest absolute Gasteiger partial charge is 0.352 e. The van der Waals surface area contributed by atoms with Crippen LogP contribution in [0.5, 0.6) is 0 Å². The fourth-order valence-electron chi connectivity index (χ4n) is 2.37. The minimum Gasteiger partial charge on any atom is -0.352 e. The second-order valence-electron chi connectivity index (χ2n) is 6.67. The topological polar surface area (TPSA) is 29.1 Å². The monoisotopic (exact) mass is 353 g/mol. The highest BCUT2D eigenvalue weighted by Gasteiger charge is 2.15. The molecule has 2 nitrogen and oxygen atoms in total. The van der Waals surface area contributed by atoms with Gasteiger partial charge in [0.05, 0.1) is 0 Å². The first-order chi connectivity index (χ1) is 9.88. The molecule has 0 aliphatic heterocycles. The van der Waals surface area contributed by atoms with Crippen LogP contribution in [0.1, 0.15) is 62.9 Å². The van der Waals surface area contributed by atoms with E-state index in [0.29, 0.717) is 5.92 Å². The van der Waals surface area contributed by atoms with Crippen molar-refractivity contribution < 1.29 is 4.79 Å². The van der Waals surface area contributed by atoms with Crippen LogP contribution < -0.4 is 5.32 Å². The molecule has 0 aliphatic rings. The Morgan fingerprint density at radius 3 is 2.29 bits per heavy atom. The highest BCUT2D eigenvalue weighted by molar-refractivity contribution is 9.09. The molecule has 1 aromatic carbocycles. The van der Waals surface area contributed by atoms with Crippen molar-refractivity contribution in [2.24, 2.45) is 5.92 Å². The van der Waals surface area contributed by atoms with E-state index in [1.807, 2.05) is 12.1 Å². The van der Waals surface area contributed by atoms with Crippen LogP contribution in [-0.4, -0.2) is 17.8 Å². The van der Waals surface area contributed by atoms with Crippen molar-refractivity contribution in [1.82, 2.24) is 5.32 Å². The van der Waals surface area contributed by atoms with Gasteiger partial charge in [-0.1, -0.05) is 62.2 Å². The van der Waals surface area contributed by atoms with Crippen molar-refractivity contribution in [1.29, 1.82) is 0 Å². The molecule has 0 saturated heterocycles. The van der Waals surface area contributed by atoms with Gasteiger partial charge in [-0.25, -0.2) is 0 Å². The third-order valence-corrected chi connectivity index (χ3v) is 4.24. The van der Waals surface area contributed by atoms with Gasteiger partial charge in [0.2, 0.25) is 0 Å². The molecule has 0 saturated carbocycles. The summed E-state index contributed by atoms with van der Waals surface area (Å²) in [4.78, 5) is 12.2. The Balaban J connectivity index is 2.59. The average molecular weight is 354 g/mol. The first kappa shape index (κ1) is 18.2. The molecule has 0 aromatic heterocycles. The fourth-order valence-corrected chi connectivity index (χ4v) is 3.02. The smallest absolute Gasteiger partial charge is 0.251 e. The van der Waals surface area contributed by atoms with Crippen molar-refractivity contribution in [3.8, 4) is 0 Å². The van der Waals surface area contributed by atoms with Crippen LogP contribution in [0.4, 0.5) is 0 Å². The summed E-state index contributed by atoms with van der Waals surface area (Å²) < 4.78 is 0. The minimum atomic E-state index is 0.0335. The van der Waals surface area contributed by atoms with Gasteiger partial charge >= 0.3 is 0 Å². The maximum Gasteiger partial charge on any atom is 0.251 e. The zero-order valence-corrected chi connectivity index (χ0v) is 15.3. The summed E-state index contributed by atoms with van der Waals surface area (Å²) in [6, 6.07) is 7.96. The number of hydrogen-bond acceptors (Lipinski definition) is 1. The highest BCUT2D eigenvalue weighted by Crippen LogP contribution is 2.22. The Morgan fingerprint density at radius 1 is 1.19 bits per heavy atom. The van der Waals surface area contributed by atoms with Crippen LogP contribution in [0, 0.1) is 5.92 Å². The number of benzene rings is 1. The first-order valence-electron chi connectivity index (χ1n) is 7.83. The van der Waals surface area contributed by atoms with E-state index in [4.69, 9.17) is 0 Å². The van der Waals surface area contributed by atoms with Gasteiger partial charge in [0.15, 0.2) is 0 Å². The lowest BCUT2D eigenvalue weighted by Crippen LogP contribution is -2.29. The van der Waals surface area contributed by atoms with Crippen LogP contribution in [0.3, 0.4) is 0 Å². The molecule has 0 heterocycles. The predicted molar refractivity (Wildman–Crippen MR) is 94.3 cm³/mol. The maximum absolute atomic E-state index is 12.2. The molecule has 3 heteroatoms. The number of hydrogen-bond donors (Lipinski definition) is 1. The second-order valence-corrected chi connectivity index (χ2v) is 7.46. The molecular formula is C18H28BrNO. The molecule has 0 radical (unpaired) electrons. The standard InChI is InChI=1S/C18H28BrNO/c1-5-6-14(11-12-19)13-20-17(21)15-7-9-16(10-8-15)18(2,3)4/h7-10,14H,5-6,11-13H2,1-4H3,(H,20,21). The van der Waals surface area contributed by atoms with E-state index < -0.39 is 0 Å². The SMILES string of the molecule is CCCC(CCBr)CNC(=O)c1ccc(C(C)(C)C)cc1.